The molecule has 1 aliphatic rings. The molecule has 1 aromatic heterocycles. The number of thioether (sulfide) groups is 1. The zero-order valence-corrected chi connectivity index (χ0v) is 10.6. The number of aromatic nitrogens is 2. The summed E-state index contributed by atoms with van der Waals surface area (Å²) < 4.78 is 0. The largest absolute Gasteiger partial charge is 0.336 e. The van der Waals surface area contributed by atoms with E-state index < -0.39 is 0 Å². The number of hydrogen-bond donors (Lipinski definition) is 1. The predicted octanol–water partition coefficient (Wildman–Crippen LogP) is 1.82. The van der Waals surface area contributed by atoms with Gasteiger partial charge in [-0.2, -0.15) is 5.10 Å². The average molecular weight is 239 g/mol. The third-order valence-electron chi connectivity index (χ3n) is 2.83. The van der Waals surface area contributed by atoms with Crippen LogP contribution in [-0.2, 0) is 17.8 Å². The van der Waals surface area contributed by atoms with Gasteiger partial charge in [0.05, 0.1) is 12.2 Å². The average Bonchev–Trinajstić information content (AvgIpc) is 2.71. The van der Waals surface area contributed by atoms with Crippen molar-refractivity contribution in [3.63, 3.8) is 0 Å². The summed E-state index contributed by atoms with van der Waals surface area (Å²) in [6, 6.07) is 0. The van der Waals surface area contributed by atoms with Crippen LogP contribution in [0.25, 0.3) is 0 Å². The molecule has 0 spiro atoms. The van der Waals surface area contributed by atoms with Crippen molar-refractivity contribution < 1.29 is 4.79 Å². The van der Waals surface area contributed by atoms with Gasteiger partial charge in [-0.1, -0.05) is 13.8 Å². The maximum Gasteiger partial charge on any atom is 0.222 e. The first-order valence-electron chi connectivity index (χ1n) is 5.73. The minimum Gasteiger partial charge on any atom is -0.336 e. The Balaban J connectivity index is 2.13. The summed E-state index contributed by atoms with van der Waals surface area (Å²) in [5, 5.41) is 8.47. The van der Waals surface area contributed by atoms with Gasteiger partial charge in [0.25, 0.3) is 0 Å². The number of carbonyl (C=O) groups excluding carboxylic acids is 1. The van der Waals surface area contributed by atoms with Crippen molar-refractivity contribution >= 4 is 17.7 Å². The minimum absolute atomic E-state index is 0.227. The first-order valence-corrected chi connectivity index (χ1v) is 6.71. The number of fused-ring (bicyclic) bond motifs is 1. The van der Waals surface area contributed by atoms with Gasteiger partial charge >= 0.3 is 0 Å². The van der Waals surface area contributed by atoms with Gasteiger partial charge in [-0.05, 0) is 12.2 Å². The van der Waals surface area contributed by atoms with Crippen LogP contribution in [0, 0.1) is 0 Å². The third-order valence-corrected chi connectivity index (χ3v) is 3.73. The molecule has 4 nitrogen and oxygen atoms in total. The number of rotatable bonds is 3. The summed E-state index contributed by atoms with van der Waals surface area (Å²) in [5.41, 5.74) is 2.43. The van der Waals surface area contributed by atoms with Crippen LogP contribution in [-0.4, -0.2) is 33.3 Å². The van der Waals surface area contributed by atoms with Crippen molar-refractivity contribution in [3.05, 3.63) is 11.3 Å². The van der Waals surface area contributed by atoms with Crippen molar-refractivity contribution in [1.29, 1.82) is 0 Å². The molecule has 16 heavy (non-hydrogen) atoms. The molecule has 0 aliphatic carbocycles. The van der Waals surface area contributed by atoms with Crippen molar-refractivity contribution in [1.82, 2.24) is 15.1 Å². The number of aromatic amines is 1. The minimum atomic E-state index is 0.227. The van der Waals surface area contributed by atoms with E-state index in [9.17, 15) is 4.79 Å². The number of carbonyl (C=O) groups is 1. The van der Waals surface area contributed by atoms with Gasteiger partial charge in [0.15, 0.2) is 0 Å². The Bertz CT molecular complexity index is 389. The molecule has 0 saturated heterocycles. The second-order valence-corrected chi connectivity index (χ2v) is 5.09. The van der Waals surface area contributed by atoms with Crippen molar-refractivity contribution in [2.75, 3.05) is 12.3 Å². The van der Waals surface area contributed by atoms with E-state index in [2.05, 4.69) is 17.1 Å². The van der Waals surface area contributed by atoms with Crippen molar-refractivity contribution in [3.8, 4) is 0 Å². The molecule has 0 bridgehead atoms. The predicted molar refractivity (Wildman–Crippen MR) is 64.4 cm³/mol. The molecule has 1 aromatic rings. The lowest BCUT2D eigenvalue weighted by Gasteiger charge is -2.26. The van der Waals surface area contributed by atoms with Gasteiger partial charge in [-0.25, -0.2) is 0 Å². The zero-order chi connectivity index (χ0) is 11.5. The van der Waals surface area contributed by atoms with Crippen LogP contribution in [0.3, 0.4) is 0 Å². The number of amides is 1. The van der Waals surface area contributed by atoms with Crippen LogP contribution in [0.15, 0.2) is 5.03 Å². The molecular weight excluding hydrogens is 222 g/mol. The van der Waals surface area contributed by atoms with Gasteiger partial charge in [0, 0.05) is 18.5 Å². The SMILES string of the molecule is CCSc1n[nH]c2c1CCN(C(=O)CC)C2. The maximum atomic E-state index is 11.6. The van der Waals surface area contributed by atoms with E-state index in [1.165, 1.54) is 5.56 Å². The van der Waals surface area contributed by atoms with Gasteiger partial charge in [0.1, 0.15) is 5.03 Å². The summed E-state index contributed by atoms with van der Waals surface area (Å²) >= 11 is 1.77. The van der Waals surface area contributed by atoms with Gasteiger partial charge < -0.3 is 4.90 Å². The van der Waals surface area contributed by atoms with Gasteiger partial charge in [0.2, 0.25) is 5.91 Å². The fraction of sp³-hybridized carbons (Fsp3) is 0.636. The molecule has 1 amide bonds. The molecule has 0 saturated carbocycles. The second kappa shape index (κ2) is 4.91. The smallest absolute Gasteiger partial charge is 0.222 e. The lowest BCUT2D eigenvalue weighted by Crippen LogP contribution is -2.35. The Morgan fingerprint density at radius 3 is 3.06 bits per heavy atom. The monoisotopic (exact) mass is 239 g/mol. The highest BCUT2D eigenvalue weighted by molar-refractivity contribution is 7.99. The van der Waals surface area contributed by atoms with E-state index in [0.29, 0.717) is 13.0 Å². The summed E-state index contributed by atoms with van der Waals surface area (Å²) in [4.78, 5) is 13.5. The van der Waals surface area contributed by atoms with Crippen molar-refractivity contribution in [2.45, 2.75) is 38.3 Å². The van der Waals surface area contributed by atoms with E-state index in [1.54, 1.807) is 11.8 Å². The Labute approximate surface area is 99.8 Å². The Morgan fingerprint density at radius 1 is 1.56 bits per heavy atom. The van der Waals surface area contributed by atoms with Crippen LogP contribution in [0.5, 0.6) is 0 Å². The number of H-pyrrole nitrogens is 1. The Kier molecular flexibility index (Phi) is 3.53. The normalized spacial score (nSPS) is 15.0. The Hall–Kier alpha value is -0.970. The summed E-state index contributed by atoms with van der Waals surface area (Å²) in [6.07, 6.45) is 1.51. The first-order chi connectivity index (χ1) is 7.76. The molecule has 2 heterocycles. The van der Waals surface area contributed by atoms with Crippen LogP contribution < -0.4 is 0 Å². The number of nitrogens with one attached hydrogen (secondary N) is 1. The highest BCUT2D eigenvalue weighted by atomic mass is 32.2. The summed E-state index contributed by atoms with van der Waals surface area (Å²) in [6.45, 7) is 5.56. The Morgan fingerprint density at radius 2 is 2.38 bits per heavy atom. The standard InChI is InChI=1S/C11H17N3OS/c1-3-10(15)14-6-5-8-9(7-14)12-13-11(8)16-4-2/h3-7H2,1-2H3,(H,12,13). The molecule has 0 fully saturated rings. The van der Waals surface area contributed by atoms with Gasteiger partial charge in [-0.3, -0.25) is 9.89 Å². The molecule has 5 heteroatoms. The van der Waals surface area contributed by atoms with Crippen LogP contribution in [0.1, 0.15) is 31.5 Å². The van der Waals surface area contributed by atoms with E-state index in [1.807, 2.05) is 11.8 Å². The van der Waals surface area contributed by atoms with Gasteiger partial charge in [-0.15, -0.1) is 11.8 Å². The van der Waals surface area contributed by atoms with E-state index >= 15 is 0 Å². The van der Waals surface area contributed by atoms with E-state index in [4.69, 9.17) is 0 Å². The van der Waals surface area contributed by atoms with Crippen LogP contribution >= 0.6 is 11.8 Å². The summed E-state index contributed by atoms with van der Waals surface area (Å²) in [7, 11) is 0. The lowest BCUT2D eigenvalue weighted by molar-refractivity contribution is -0.131. The van der Waals surface area contributed by atoms with Crippen LogP contribution in [0.2, 0.25) is 0 Å². The summed E-state index contributed by atoms with van der Waals surface area (Å²) in [5.74, 6) is 1.26. The molecule has 0 radical (unpaired) electrons. The zero-order valence-electron chi connectivity index (χ0n) is 9.75. The molecule has 0 aromatic carbocycles. The first kappa shape index (κ1) is 11.5. The topological polar surface area (TPSA) is 49.0 Å². The molecule has 0 unspecified atom stereocenters. The molecular formula is C11H17N3OS. The molecule has 0 atom stereocenters. The highest BCUT2D eigenvalue weighted by Gasteiger charge is 2.23. The van der Waals surface area contributed by atoms with E-state index in [0.717, 1.165) is 29.4 Å². The highest BCUT2D eigenvalue weighted by Crippen LogP contribution is 2.27. The van der Waals surface area contributed by atoms with E-state index in [-0.39, 0.29) is 5.91 Å². The fourth-order valence-electron chi connectivity index (χ4n) is 1.98. The fourth-order valence-corrected chi connectivity index (χ4v) is 2.76. The number of hydrogen-bond acceptors (Lipinski definition) is 3. The molecule has 2 rings (SSSR count). The van der Waals surface area contributed by atoms with Crippen LogP contribution in [0.4, 0.5) is 0 Å². The second-order valence-electron chi connectivity index (χ2n) is 3.84. The lowest BCUT2D eigenvalue weighted by atomic mass is 10.1. The quantitative estimate of drug-likeness (QED) is 0.818. The van der Waals surface area contributed by atoms with Crippen molar-refractivity contribution in [2.24, 2.45) is 0 Å². The maximum absolute atomic E-state index is 11.6. The molecule has 1 aliphatic heterocycles. The third kappa shape index (κ3) is 2.09. The number of nitrogens with zero attached hydrogens (tertiary/aromatic N) is 2. The molecule has 1 N–H and O–H groups in total. The molecule has 88 valence electrons.